The SMILES string of the molecule is CCC1(C)Cc2ccccc2C(=O)C1=S=NC(C)(C)C. The minimum atomic E-state index is -0.135. The molecule has 1 aliphatic carbocycles. The fourth-order valence-corrected chi connectivity index (χ4v) is 3.41. The summed E-state index contributed by atoms with van der Waals surface area (Å²) in [5.74, 6) is 0.161. The summed E-state index contributed by atoms with van der Waals surface area (Å²) >= 11 is 1.40. The second kappa shape index (κ2) is 5.28. The first-order chi connectivity index (χ1) is 9.27. The summed E-state index contributed by atoms with van der Waals surface area (Å²) in [4.78, 5) is 13.7. The lowest BCUT2D eigenvalue weighted by molar-refractivity contribution is 0.105. The molecule has 1 atom stereocenters. The second-order valence-electron chi connectivity index (χ2n) is 6.76. The molecule has 2 nitrogen and oxygen atoms in total. The Hall–Kier alpha value is -1.22. The molecule has 0 N–H and O–H groups in total. The van der Waals surface area contributed by atoms with Crippen LogP contribution in [0.1, 0.15) is 57.0 Å². The Labute approximate surface area is 125 Å². The van der Waals surface area contributed by atoms with Gasteiger partial charge in [-0.15, -0.1) is 0 Å². The van der Waals surface area contributed by atoms with Crippen LogP contribution in [0.25, 0.3) is 0 Å². The van der Waals surface area contributed by atoms with E-state index in [4.69, 9.17) is 0 Å². The average molecular weight is 289 g/mol. The third-order valence-electron chi connectivity index (χ3n) is 3.79. The van der Waals surface area contributed by atoms with Gasteiger partial charge in [-0.1, -0.05) is 38.1 Å². The van der Waals surface area contributed by atoms with Gasteiger partial charge in [-0.05, 0) is 50.3 Å². The highest BCUT2D eigenvalue weighted by molar-refractivity contribution is 7.71. The number of carbonyl (C=O) groups is 1. The Morgan fingerprint density at radius 3 is 2.55 bits per heavy atom. The minimum absolute atomic E-state index is 0.0924. The van der Waals surface area contributed by atoms with E-state index in [1.807, 2.05) is 18.2 Å². The first-order valence-corrected chi connectivity index (χ1v) is 7.93. The van der Waals surface area contributed by atoms with Crippen LogP contribution in [0.2, 0.25) is 0 Å². The predicted molar refractivity (Wildman–Crippen MR) is 87.4 cm³/mol. The number of nitrogens with zero attached hydrogens (tertiary/aromatic N) is 1. The number of carbonyl (C=O) groups excluding carboxylic acids is 1. The fourth-order valence-electron chi connectivity index (χ4n) is 2.41. The van der Waals surface area contributed by atoms with Crippen molar-refractivity contribution in [3.05, 3.63) is 35.4 Å². The van der Waals surface area contributed by atoms with E-state index in [1.165, 1.54) is 16.7 Å². The van der Waals surface area contributed by atoms with Crippen molar-refractivity contribution in [2.45, 2.75) is 53.0 Å². The second-order valence-corrected chi connectivity index (χ2v) is 7.53. The van der Waals surface area contributed by atoms with Gasteiger partial charge in [0.05, 0.1) is 10.4 Å². The molecular weight excluding hydrogens is 266 g/mol. The smallest absolute Gasteiger partial charge is 0.201 e. The minimum Gasteiger partial charge on any atom is -0.288 e. The van der Waals surface area contributed by atoms with Gasteiger partial charge in [-0.3, -0.25) is 4.79 Å². The number of Topliss-reactive ketones (excluding diaryl/α,β-unsaturated/α-hetero) is 1. The third kappa shape index (κ3) is 2.93. The van der Waals surface area contributed by atoms with Crippen LogP contribution in [0.3, 0.4) is 0 Å². The molecular formula is C17H23NOS. The van der Waals surface area contributed by atoms with Crippen LogP contribution in [0.4, 0.5) is 0 Å². The van der Waals surface area contributed by atoms with Crippen molar-refractivity contribution in [2.75, 3.05) is 0 Å². The van der Waals surface area contributed by atoms with Crippen molar-refractivity contribution in [1.29, 1.82) is 0 Å². The fraction of sp³-hybridized carbons (Fsp3) is 0.529. The van der Waals surface area contributed by atoms with E-state index >= 15 is 0 Å². The monoisotopic (exact) mass is 289 g/mol. The van der Waals surface area contributed by atoms with Crippen LogP contribution in [0.15, 0.2) is 28.6 Å². The number of fused-ring (bicyclic) bond motifs is 1. The van der Waals surface area contributed by atoms with Gasteiger partial charge in [0.1, 0.15) is 0 Å². The summed E-state index contributed by atoms with van der Waals surface area (Å²) < 4.78 is 4.61. The topological polar surface area (TPSA) is 29.4 Å². The van der Waals surface area contributed by atoms with Crippen molar-refractivity contribution >= 4 is 21.8 Å². The van der Waals surface area contributed by atoms with Crippen molar-refractivity contribution in [3.8, 4) is 0 Å². The van der Waals surface area contributed by atoms with Gasteiger partial charge in [0.25, 0.3) is 0 Å². The molecule has 1 unspecified atom stereocenters. The summed E-state index contributed by atoms with van der Waals surface area (Å²) in [6.07, 6.45) is 1.88. The summed E-state index contributed by atoms with van der Waals surface area (Å²) in [6, 6.07) is 7.96. The Bertz CT molecular complexity index is 606. The molecule has 3 heteroatoms. The van der Waals surface area contributed by atoms with Crippen molar-refractivity contribution in [1.82, 2.24) is 0 Å². The molecule has 0 aromatic heterocycles. The van der Waals surface area contributed by atoms with E-state index in [-0.39, 0.29) is 16.7 Å². The van der Waals surface area contributed by atoms with Crippen molar-refractivity contribution < 1.29 is 4.79 Å². The zero-order valence-electron chi connectivity index (χ0n) is 13.0. The number of rotatable bonds is 1. The van der Waals surface area contributed by atoms with E-state index in [1.54, 1.807) is 0 Å². The Morgan fingerprint density at radius 1 is 1.30 bits per heavy atom. The normalized spacial score (nSPS) is 22.4. The highest BCUT2D eigenvalue weighted by Gasteiger charge is 2.38. The van der Waals surface area contributed by atoms with E-state index in [9.17, 15) is 4.79 Å². The molecule has 108 valence electrons. The molecule has 0 radical (unpaired) electrons. The number of ketones is 1. The molecule has 0 aliphatic heterocycles. The maximum Gasteiger partial charge on any atom is 0.201 e. The number of hydrogen-bond donors (Lipinski definition) is 0. The maximum atomic E-state index is 12.8. The van der Waals surface area contributed by atoms with Crippen molar-refractivity contribution in [2.24, 2.45) is 9.78 Å². The largest absolute Gasteiger partial charge is 0.288 e. The molecule has 1 aromatic carbocycles. The average Bonchev–Trinajstić information content (AvgIpc) is 2.37. The van der Waals surface area contributed by atoms with Crippen LogP contribution >= 0.6 is 0 Å². The summed E-state index contributed by atoms with van der Waals surface area (Å²) in [7, 11) is 0. The lowest BCUT2D eigenvalue weighted by Crippen LogP contribution is -2.40. The van der Waals surface area contributed by atoms with Gasteiger partial charge in [0.15, 0.2) is 0 Å². The Balaban J connectivity index is 2.61. The van der Waals surface area contributed by atoms with E-state index in [0.717, 1.165) is 23.3 Å². The summed E-state index contributed by atoms with van der Waals surface area (Å²) in [6.45, 7) is 10.5. The van der Waals surface area contributed by atoms with Gasteiger partial charge in [0, 0.05) is 11.0 Å². The Kier molecular flexibility index (Phi) is 4.01. The highest BCUT2D eigenvalue weighted by atomic mass is 32.1. The van der Waals surface area contributed by atoms with Gasteiger partial charge < -0.3 is 0 Å². The number of hydrogen-bond acceptors (Lipinski definition) is 2. The lowest BCUT2D eigenvalue weighted by atomic mass is 9.70. The van der Waals surface area contributed by atoms with Gasteiger partial charge in [-0.25, -0.2) is 4.36 Å². The maximum absolute atomic E-state index is 12.8. The third-order valence-corrected chi connectivity index (χ3v) is 5.29. The molecule has 1 aromatic rings. The van der Waals surface area contributed by atoms with Crippen LogP contribution in [0.5, 0.6) is 0 Å². The van der Waals surface area contributed by atoms with Crippen LogP contribution in [-0.4, -0.2) is 16.2 Å². The number of benzene rings is 1. The summed E-state index contributed by atoms with van der Waals surface area (Å²) in [5, 5.41) is 0. The van der Waals surface area contributed by atoms with Gasteiger partial charge >= 0.3 is 0 Å². The zero-order valence-corrected chi connectivity index (χ0v) is 13.8. The molecule has 0 fully saturated rings. The van der Waals surface area contributed by atoms with Crippen molar-refractivity contribution in [3.63, 3.8) is 0 Å². The van der Waals surface area contributed by atoms with Gasteiger partial charge in [0.2, 0.25) is 5.78 Å². The van der Waals surface area contributed by atoms with Crippen LogP contribution in [0, 0.1) is 5.41 Å². The molecule has 1 aliphatic rings. The molecule has 2 rings (SSSR count). The van der Waals surface area contributed by atoms with Gasteiger partial charge in [-0.2, -0.15) is 0 Å². The molecule has 0 amide bonds. The Morgan fingerprint density at radius 2 is 1.95 bits per heavy atom. The van der Waals surface area contributed by atoms with E-state index in [2.05, 4.69) is 45.0 Å². The zero-order chi connectivity index (χ0) is 15.0. The van der Waals surface area contributed by atoms with E-state index in [0.29, 0.717) is 0 Å². The first kappa shape index (κ1) is 15.2. The molecule has 0 saturated carbocycles. The molecule has 0 spiro atoms. The molecule has 0 heterocycles. The first-order valence-electron chi connectivity index (χ1n) is 7.16. The van der Waals surface area contributed by atoms with Crippen LogP contribution in [-0.2, 0) is 17.6 Å². The van der Waals surface area contributed by atoms with E-state index < -0.39 is 0 Å². The standard InChI is InChI=1S/C17H23NOS/c1-6-17(5)11-12-9-7-8-10-13(12)14(19)15(17)20-18-16(2,3)4/h7-10H,6,11H2,1-5H3. The predicted octanol–water partition coefficient (Wildman–Crippen LogP) is 4.08. The molecule has 0 bridgehead atoms. The lowest BCUT2D eigenvalue weighted by Gasteiger charge is -2.34. The molecule has 20 heavy (non-hydrogen) atoms. The quantitative estimate of drug-likeness (QED) is 0.716. The highest BCUT2D eigenvalue weighted by Crippen LogP contribution is 2.35. The molecule has 0 saturated heterocycles. The van der Waals surface area contributed by atoms with Crippen LogP contribution < -0.4 is 0 Å². The summed E-state index contributed by atoms with van der Waals surface area (Å²) in [5.41, 5.74) is 1.79.